The number of carboxylic acids is 1. The van der Waals surface area contributed by atoms with Gasteiger partial charge in [-0.3, -0.25) is 4.79 Å². The Balaban J connectivity index is 1.38. The molecular weight excluding hydrogens is 436 g/mol. The number of fused-ring (bicyclic) bond motifs is 3. The minimum atomic E-state index is -1.14. The number of likely N-dealkylation sites (tertiary alicyclic amines) is 1. The van der Waals surface area contributed by atoms with E-state index in [2.05, 4.69) is 17.4 Å². The normalized spacial score (nSPS) is 20.1. The molecule has 2 aromatic carbocycles. The lowest BCUT2D eigenvalue weighted by molar-refractivity contribution is -0.150. The maximum absolute atomic E-state index is 13.1. The van der Waals surface area contributed by atoms with Gasteiger partial charge in [0.15, 0.2) is 0 Å². The van der Waals surface area contributed by atoms with Gasteiger partial charge >= 0.3 is 12.1 Å². The monoisotopic (exact) mass is 466 g/mol. The van der Waals surface area contributed by atoms with E-state index in [4.69, 9.17) is 4.74 Å². The minimum Gasteiger partial charge on any atom is -0.480 e. The first-order valence-corrected chi connectivity index (χ1v) is 11.6. The molecule has 1 fully saturated rings. The Morgan fingerprint density at radius 3 is 2.21 bits per heavy atom. The second-order valence-electron chi connectivity index (χ2n) is 9.29. The van der Waals surface area contributed by atoms with E-state index in [1.807, 2.05) is 50.2 Å². The van der Waals surface area contributed by atoms with Crippen LogP contribution in [0.1, 0.15) is 37.3 Å². The van der Waals surface area contributed by atoms with Crippen molar-refractivity contribution in [1.29, 1.82) is 0 Å². The Labute approximate surface area is 198 Å². The number of carbonyl (C=O) groups excluding carboxylic acids is 2. The van der Waals surface area contributed by atoms with Gasteiger partial charge in [0.2, 0.25) is 5.91 Å². The topological polar surface area (TPSA) is 116 Å². The standard InChI is InChI=1S/C26H30N2O6/c1-15(2)21(24(30)28-13-16(29)11-23(28)25(31)32)12-27-26(33)34-14-22-19-9-5-3-7-17(19)18-8-4-6-10-20(18)22/h3-10,15-16,21-23,29H,11-14H2,1-2H3,(H,27,33)(H,31,32)/t16?,21?,23-/m0/s1. The largest absolute Gasteiger partial charge is 0.480 e. The van der Waals surface area contributed by atoms with Gasteiger partial charge in [0.1, 0.15) is 12.6 Å². The van der Waals surface area contributed by atoms with Crippen molar-refractivity contribution >= 4 is 18.0 Å². The lowest BCUT2D eigenvalue weighted by atomic mass is 9.94. The van der Waals surface area contributed by atoms with E-state index in [1.165, 1.54) is 4.90 Å². The average Bonchev–Trinajstić information content (AvgIpc) is 3.36. The Hall–Kier alpha value is -3.39. The molecule has 0 aromatic heterocycles. The molecule has 8 nitrogen and oxygen atoms in total. The van der Waals surface area contributed by atoms with E-state index in [0.717, 1.165) is 22.3 Å². The van der Waals surface area contributed by atoms with Gasteiger partial charge in [-0.05, 0) is 28.2 Å². The van der Waals surface area contributed by atoms with Crippen LogP contribution in [0.3, 0.4) is 0 Å². The van der Waals surface area contributed by atoms with Crippen LogP contribution in [-0.2, 0) is 14.3 Å². The second kappa shape index (κ2) is 9.85. The second-order valence-corrected chi connectivity index (χ2v) is 9.29. The van der Waals surface area contributed by atoms with Gasteiger partial charge in [-0.15, -0.1) is 0 Å². The summed E-state index contributed by atoms with van der Waals surface area (Å²) in [5, 5.41) is 22.0. The molecule has 2 aliphatic rings. The number of carboxylic acid groups (broad SMARTS) is 1. The summed E-state index contributed by atoms with van der Waals surface area (Å²) in [6.45, 7) is 3.84. The number of carbonyl (C=O) groups is 3. The van der Waals surface area contributed by atoms with E-state index in [-0.39, 0.29) is 38.0 Å². The number of hydrogen-bond donors (Lipinski definition) is 3. The van der Waals surface area contributed by atoms with Gasteiger partial charge < -0.3 is 25.2 Å². The number of aliphatic hydroxyl groups excluding tert-OH is 1. The van der Waals surface area contributed by atoms with Gasteiger partial charge in [-0.25, -0.2) is 9.59 Å². The summed E-state index contributed by atoms with van der Waals surface area (Å²) >= 11 is 0. The highest BCUT2D eigenvalue weighted by Crippen LogP contribution is 2.44. The Morgan fingerprint density at radius 1 is 1.06 bits per heavy atom. The predicted molar refractivity (Wildman–Crippen MR) is 125 cm³/mol. The summed E-state index contributed by atoms with van der Waals surface area (Å²) in [4.78, 5) is 38.3. The maximum Gasteiger partial charge on any atom is 0.407 e. The van der Waals surface area contributed by atoms with E-state index in [0.29, 0.717) is 0 Å². The number of aliphatic carboxylic acids is 1. The van der Waals surface area contributed by atoms with Crippen molar-refractivity contribution in [1.82, 2.24) is 10.2 Å². The zero-order valence-electron chi connectivity index (χ0n) is 19.3. The number of nitrogens with zero attached hydrogens (tertiary/aromatic N) is 1. The first-order valence-electron chi connectivity index (χ1n) is 11.6. The number of ether oxygens (including phenoxy) is 1. The van der Waals surface area contributed by atoms with E-state index < -0.39 is 36.0 Å². The fourth-order valence-corrected chi connectivity index (χ4v) is 4.96. The third kappa shape index (κ3) is 4.63. The van der Waals surface area contributed by atoms with E-state index in [9.17, 15) is 24.6 Å². The molecule has 1 heterocycles. The Kier molecular flexibility index (Phi) is 6.88. The molecule has 0 radical (unpaired) electrons. The molecule has 0 bridgehead atoms. The first kappa shape index (κ1) is 23.8. The molecule has 4 rings (SSSR count). The van der Waals surface area contributed by atoms with Gasteiger partial charge in [0.05, 0.1) is 12.0 Å². The predicted octanol–water partition coefficient (Wildman–Crippen LogP) is 2.84. The highest BCUT2D eigenvalue weighted by atomic mass is 16.5. The smallest absolute Gasteiger partial charge is 0.407 e. The molecule has 2 unspecified atom stereocenters. The molecule has 0 spiro atoms. The van der Waals surface area contributed by atoms with Crippen LogP contribution in [0.5, 0.6) is 0 Å². The van der Waals surface area contributed by atoms with Crippen LogP contribution in [0, 0.1) is 11.8 Å². The number of hydrogen-bond acceptors (Lipinski definition) is 5. The van der Waals surface area contributed by atoms with Gasteiger partial charge in [-0.1, -0.05) is 62.4 Å². The number of nitrogens with one attached hydrogen (secondary N) is 1. The fraction of sp³-hybridized carbons (Fsp3) is 0.423. The molecule has 34 heavy (non-hydrogen) atoms. The van der Waals surface area contributed by atoms with E-state index in [1.54, 1.807) is 0 Å². The van der Waals surface area contributed by atoms with Crippen molar-refractivity contribution in [2.75, 3.05) is 19.7 Å². The third-order valence-corrected chi connectivity index (χ3v) is 6.78. The molecule has 180 valence electrons. The zero-order valence-corrected chi connectivity index (χ0v) is 19.3. The number of β-amino-alcohol motifs (C(OH)–C–C–N with tert-alkyl or cyclic N) is 1. The molecule has 1 aliphatic carbocycles. The minimum absolute atomic E-state index is 0.00565. The fourth-order valence-electron chi connectivity index (χ4n) is 4.96. The summed E-state index contributed by atoms with van der Waals surface area (Å²) in [5.41, 5.74) is 4.50. The van der Waals surface area contributed by atoms with Crippen LogP contribution in [0.2, 0.25) is 0 Å². The SMILES string of the molecule is CC(C)C(CNC(=O)OCC1c2ccccc2-c2ccccc21)C(=O)N1CC(O)C[C@H]1C(=O)O. The molecule has 3 atom stereocenters. The van der Waals surface area contributed by atoms with Crippen molar-refractivity contribution in [2.45, 2.75) is 38.3 Å². The molecule has 3 N–H and O–H groups in total. The van der Waals surface area contributed by atoms with Crippen molar-refractivity contribution in [3.63, 3.8) is 0 Å². The molecule has 2 amide bonds. The van der Waals surface area contributed by atoms with Gasteiger partial charge in [0, 0.05) is 25.4 Å². The quantitative estimate of drug-likeness (QED) is 0.578. The highest BCUT2D eigenvalue weighted by molar-refractivity contribution is 5.86. The van der Waals surface area contributed by atoms with Crippen LogP contribution in [0.15, 0.2) is 48.5 Å². The Bertz CT molecular complexity index is 1040. The summed E-state index contributed by atoms with van der Waals surface area (Å²) in [7, 11) is 0. The molecule has 1 aliphatic heterocycles. The molecule has 0 saturated carbocycles. The summed E-state index contributed by atoms with van der Waals surface area (Å²) in [6, 6.07) is 15.1. The molecule has 1 saturated heterocycles. The van der Waals surface area contributed by atoms with Crippen molar-refractivity contribution in [3.8, 4) is 11.1 Å². The van der Waals surface area contributed by atoms with Crippen LogP contribution >= 0.6 is 0 Å². The average molecular weight is 467 g/mol. The van der Waals surface area contributed by atoms with Crippen LogP contribution in [0.25, 0.3) is 11.1 Å². The summed E-state index contributed by atoms with van der Waals surface area (Å²) in [5.74, 6) is -2.38. The van der Waals surface area contributed by atoms with Gasteiger partial charge in [0.25, 0.3) is 0 Å². The molecular formula is C26H30N2O6. The van der Waals surface area contributed by atoms with Crippen LogP contribution in [-0.4, -0.2) is 64.9 Å². The summed E-state index contributed by atoms with van der Waals surface area (Å²) < 4.78 is 5.54. The van der Waals surface area contributed by atoms with E-state index >= 15 is 0 Å². The number of aliphatic hydroxyl groups is 1. The van der Waals surface area contributed by atoms with Crippen molar-refractivity contribution in [2.24, 2.45) is 11.8 Å². The van der Waals surface area contributed by atoms with Crippen molar-refractivity contribution < 1.29 is 29.3 Å². The maximum atomic E-state index is 13.1. The molecule has 2 aromatic rings. The highest BCUT2D eigenvalue weighted by Gasteiger charge is 2.41. The molecule has 8 heteroatoms. The Morgan fingerprint density at radius 2 is 1.65 bits per heavy atom. The first-order chi connectivity index (χ1) is 16.3. The lowest BCUT2D eigenvalue weighted by Gasteiger charge is -2.28. The third-order valence-electron chi connectivity index (χ3n) is 6.78. The number of alkyl carbamates (subject to hydrolysis) is 1. The number of benzene rings is 2. The number of rotatable bonds is 7. The zero-order chi connectivity index (χ0) is 24.4. The van der Waals surface area contributed by atoms with Crippen LogP contribution in [0.4, 0.5) is 4.79 Å². The number of amides is 2. The van der Waals surface area contributed by atoms with Crippen molar-refractivity contribution in [3.05, 3.63) is 59.7 Å². The lowest BCUT2D eigenvalue weighted by Crippen LogP contribution is -2.48. The van der Waals surface area contributed by atoms with Gasteiger partial charge in [-0.2, -0.15) is 0 Å². The van der Waals surface area contributed by atoms with Crippen LogP contribution < -0.4 is 5.32 Å². The summed E-state index contributed by atoms with van der Waals surface area (Å²) in [6.07, 6.45) is -1.49.